The Labute approximate surface area is 115 Å². The van der Waals surface area contributed by atoms with Crippen LogP contribution in [0.4, 0.5) is 0 Å². The van der Waals surface area contributed by atoms with Crippen molar-refractivity contribution >= 4 is 18.1 Å². The molecule has 0 spiro atoms. The van der Waals surface area contributed by atoms with Crippen LogP contribution in [0.2, 0.25) is 0 Å². The van der Waals surface area contributed by atoms with E-state index in [1.54, 1.807) is 19.2 Å². The van der Waals surface area contributed by atoms with E-state index in [9.17, 15) is 9.59 Å². The third kappa shape index (κ3) is 9.85. The predicted molar refractivity (Wildman–Crippen MR) is 77.8 cm³/mol. The lowest BCUT2D eigenvalue weighted by Crippen LogP contribution is -1.99. The van der Waals surface area contributed by atoms with Gasteiger partial charge in [0.2, 0.25) is 0 Å². The molecule has 4 nitrogen and oxygen atoms in total. The van der Waals surface area contributed by atoms with Gasteiger partial charge in [-0.15, -0.1) is 0 Å². The number of ketones is 1. The first-order valence-corrected chi connectivity index (χ1v) is 6.14. The molecular weight excluding hydrogens is 240 g/mol. The summed E-state index contributed by atoms with van der Waals surface area (Å²) in [6.45, 7) is 1.74. The lowest BCUT2D eigenvalue weighted by atomic mass is 10.1. The first-order chi connectivity index (χ1) is 8.97. The van der Waals surface area contributed by atoms with Crippen molar-refractivity contribution in [2.45, 2.75) is 19.8 Å². The first kappa shape index (κ1) is 17.2. The van der Waals surface area contributed by atoms with Gasteiger partial charge in [-0.25, -0.2) is 0 Å². The van der Waals surface area contributed by atoms with E-state index in [2.05, 4.69) is 4.98 Å². The average Bonchev–Trinajstić information content (AvgIpc) is 2.36. The van der Waals surface area contributed by atoms with Gasteiger partial charge in [0.05, 0.1) is 5.69 Å². The number of Topliss-reactive ketones (excluding diaryl/α,β-unsaturated/α-hetero) is 1. The van der Waals surface area contributed by atoms with Crippen molar-refractivity contribution in [1.29, 1.82) is 0 Å². The number of hydrogen-bond acceptors (Lipinski definition) is 4. The molecule has 19 heavy (non-hydrogen) atoms. The summed E-state index contributed by atoms with van der Waals surface area (Å²) in [4.78, 5) is 27.6. The van der Waals surface area contributed by atoms with Crippen LogP contribution in [0.15, 0.2) is 30.0 Å². The third-order valence-corrected chi connectivity index (χ3v) is 1.98. The largest absolute Gasteiger partial charge is 0.312 e. The molecule has 1 aromatic rings. The zero-order valence-corrected chi connectivity index (χ0v) is 12.1. The fourth-order valence-electron chi connectivity index (χ4n) is 1.15. The second-order valence-corrected chi connectivity index (χ2v) is 4.55. The van der Waals surface area contributed by atoms with Crippen LogP contribution in [-0.4, -0.2) is 43.1 Å². The van der Waals surface area contributed by atoms with E-state index in [0.717, 1.165) is 12.0 Å². The van der Waals surface area contributed by atoms with Crippen molar-refractivity contribution in [1.82, 2.24) is 9.88 Å². The second kappa shape index (κ2) is 10.1. The van der Waals surface area contributed by atoms with E-state index in [4.69, 9.17) is 0 Å². The maximum atomic E-state index is 11.5. The smallest absolute Gasteiger partial charge is 0.159 e. The number of aromatic nitrogens is 1. The molecule has 0 aromatic carbocycles. The highest BCUT2D eigenvalue weighted by atomic mass is 16.1. The Kier molecular flexibility index (Phi) is 9.18. The van der Waals surface area contributed by atoms with E-state index in [0.29, 0.717) is 5.57 Å². The average molecular weight is 262 g/mol. The third-order valence-electron chi connectivity index (χ3n) is 1.98. The molecule has 104 valence electrons. The van der Waals surface area contributed by atoms with Gasteiger partial charge in [0.1, 0.15) is 6.29 Å². The molecular formula is C15H22N2O2. The Hall–Kier alpha value is -1.81. The molecule has 0 N–H and O–H groups in total. The van der Waals surface area contributed by atoms with Crippen LogP contribution in [-0.2, 0) is 9.59 Å². The van der Waals surface area contributed by atoms with E-state index in [-0.39, 0.29) is 18.6 Å². The van der Waals surface area contributed by atoms with Gasteiger partial charge in [-0.05, 0) is 51.8 Å². The van der Waals surface area contributed by atoms with Crippen molar-refractivity contribution in [2.24, 2.45) is 0 Å². The molecule has 4 heteroatoms. The zero-order chi connectivity index (χ0) is 14.7. The van der Waals surface area contributed by atoms with E-state index in [1.807, 2.05) is 44.2 Å². The van der Waals surface area contributed by atoms with Gasteiger partial charge in [0.15, 0.2) is 5.78 Å². The number of carbonyl (C=O) groups excluding carboxylic acids is 2. The lowest BCUT2D eigenvalue weighted by Gasteiger charge is -1.98. The predicted octanol–water partition coefficient (Wildman–Crippen LogP) is 2.21. The van der Waals surface area contributed by atoms with Crippen molar-refractivity contribution in [2.75, 3.05) is 21.1 Å². The fraction of sp³-hybridized carbons (Fsp3) is 0.400. The minimum Gasteiger partial charge on any atom is -0.312 e. The molecule has 0 unspecified atom stereocenters. The van der Waals surface area contributed by atoms with Crippen LogP contribution in [0.1, 0.15) is 25.5 Å². The number of nitrogens with zero attached hydrogens (tertiary/aromatic N) is 2. The summed E-state index contributed by atoms with van der Waals surface area (Å²) >= 11 is 0. The number of hydrogen-bond donors (Lipinski definition) is 0. The van der Waals surface area contributed by atoms with Crippen LogP contribution >= 0.6 is 0 Å². The topological polar surface area (TPSA) is 50.3 Å². The molecule has 0 saturated carbocycles. The van der Waals surface area contributed by atoms with E-state index in [1.165, 1.54) is 0 Å². The molecule has 0 saturated heterocycles. The molecule has 1 rings (SSSR count). The number of allylic oxidation sites excluding steroid dienone is 1. The Morgan fingerprint density at radius 1 is 1.32 bits per heavy atom. The molecule has 0 amide bonds. The van der Waals surface area contributed by atoms with Gasteiger partial charge in [0, 0.05) is 19.0 Å². The highest BCUT2D eigenvalue weighted by Gasteiger charge is 2.03. The lowest BCUT2D eigenvalue weighted by molar-refractivity contribution is -0.117. The minimum absolute atomic E-state index is 0.00671. The Morgan fingerprint density at radius 2 is 1.95 bits per heavy atom. The van der Waals surface area contributed by atoms with Crippen LogP contribution in [0.5, 0.6) is 0 Å². The molecule has 0 atom stereocenters. The second-order valence-electron chi connectivity index (χ2n) is 4.55. The van der Waals surface area contributed by atoms with E-state index >= 15 is 0 Å². The Balaban J connectivity index is 0.000000711. The summed E-state index contributed by atoms with van der Waals surface area (Å²) in [5, 5.41) is 0. The number of pyridine rings is 1. The molecule has 1 heterocycles. The molecule has 0 aliphatic heterocycles. The monoisotopic (exact) mass is 262 g/mol. The van der Waals surface area contributed by atoms with Crippen LogP contribution in [0.3, 0.4) is 0 Å². The van der Waals surface area contributed by atoms with Crippen LogP contribution in [0.25, 0.3) is 6.08 Å². The molecule has 0 fully saturated rings. The summed E-state index contributed by atoms with van der Waals surface area (Å²) in [5.74, 6) is -0.00671. The van der Waals surface area contributed by atoms with Gasteiger partial charge in [-0.3, -0.25) is 9.78 Å². The molecule has 0 aliphatic rings. The highest BCUT2D eigenvalue weighted by molar-refractivity contribution is 5.99. The van der Waals surface area contributed by atoms with Gasteiger partial charge in [-0.2, -0.15) is 0 Å². The SMILES string of the molecule is C/C(=C\c1ccccn1)C(=O)CCC=O.CN(C)C. The standard InChI is InChI=1S/C12H13NO2.C3H9N/c1-10(12(15)6-4-8-14)9-11-5-2-3-7-13-11;1-4(2)3/h2-3,5,7-9H,4,6H2,1H3;1-3H3/b10-9+;. The number of carbonyl (C=O) groups is 2. The summed E-state index contributed by atoms with van der Waals surface area (Å²) in [6, 6.07) is 5.51. The zero-order valence-electron chi connectivity index (χ0n) is 12.1. The van der Waals surface area contributed by atoms with Gasteiger partial charge in [0.25, 0.3) is 0 Å². The maximum absolute atomic E-state index is 11.5. The number of aldehydes is 1. The fourth-order valence-corrected chi connectivity index (χ4v) is 1.15. The summed E-state index contributed by atoms with van der Waals surface area (Å²) in [7, 11) is 6.00. The molecule has 0 radical (unpaired) electrons. The summed E-state index contributed by atoms with van der Waals surface area (Å²) < 4.78 is 0. The van der Waals surface area contributed by atoms with Crippen LogP contribution in [0, 0.1) is 0 Å². The van der Waals surface area contributed by atoms with E-state index < -0.39 is 0 Å². The number of rotatable bonds is 5. The molecule has 1 aromatic heterocycles. The van der Waals surface area contributed by atoms with Gasteiger partial charge < -0.3 is 9.69 Å². The first-order valence-electron chi connectivity index (χ1n) is 6.14. The summed E-state index contributed by atoms with van der Waals surface area (Å²) in [6.07, 6.45) is 4.72. The maximum Gasteiger partial charge on any atom is 0.159 e. The molecule has 0 aliphatic carbocycles. The normalized spacial score (nSPS) is 10.7. The Bertz CT molecular complexity index is 409. The van der Waals surface area contributed by atoms with Crippen molar-refractivity contribution in [3.63, 3.8) is 0 Å². The quantitative estimate of drug-likeness (QED) is 0.603. The van der Waals surface area contributed by atoms with Crippen molar-refractivity contribution < 1.29 is 9.59 Å². The van der Waals surface area contributed by atoms with Crippen molar-refractivity contribution in [3.8, 4) is 0 Å². The minimum atomic E-state index is -0.00671. The summed E-state index contributed by atoms with van der Waals surface area (Å²) in [5.41, 5.74) is 1.39. The molecule has 0 bridgehead atoms. The Morgan fingerprint density at radius 3 is 2.42 bits per heavy atom. The highest BCUT2D eigenvalue weighted by Crippen LogP contribution is 2.06. The van der Waals surface area contributed by atoms with Crippen molar-refractivity contribution in [3.05, 3.63) is 35.7 Å². The van der Waals surface area contributed by atoms with Crippen LogP contribution < -0.4 is 0 Å². The van der Waals surface area contributed by atoms with Gasteiger partial charge >= 0.3 is 0 Å². The van der Waals surface area contributed by atoms with Gasteiger partial charge in [-0.1, -0.05) is 6.07 Å².